The van der Waals surface area contributed by atoms with E-state index in [1.54, 1.807) is 0 Å². The van der Waals surface area contributed by atoms with Crippen molar-refractivity contribution in [1.29, 1.82) is 0 Å². The lowest BCUT2D eigenvalue weighted by Crippen LogP contribution is -2.24. The number of halogens is 2. The number of anilines is 1. The molecule has 0 fully saturated rings. The van der Waals surface area contributed by atoms with Gasteiger partial charge in [-0.2, -0.15) is 0 Å². The lowest BCUT2D eigenvalue weighted by atomic mass is 10.1. The van der Waals surface area contributed by atoms with Crippen LogP contribution in [0.3, 0.4) is 0 Å². The molecule has 1 unspecified atom stereocenters. The van der Waals surface area contributed by atoms with E-state index in [1.807, 2.05) is 31.2 Å². The van der Waals surface area contributed by atoms with Gasteiger partial charge in [0.2, 0.25) is 0 Å². The normalized spacial score (nSPS) is 12.9. The Bertz CT molecular complexity index is 286. The first kappa shape index (κ1) is 11.0. The summed E-state index contributed by atoms with van der Waals surface area (Å²) < 4.78 is 24.6. The third kappa shape index (κ3) is 2.69. The minimum Gasteiger partial charge on any atom is -0.377 e. The molecule has 1 N–H and O–H groups in total. The molecule has 0 saturated carbocycles. The Kier molecular flexibility index (Phi) is 3.86. The molecule has 0 aliphatic carbocycles. The van der Waals surface area contributed by atoms with E-state index in [4.69, 9.17) is 0 Å². The highest BCUT2D eigenvalue weighted by atomic mass is 19.3. The predicted molar refractivity (Wildman–Crippen MR) is 54.9 cm³/mol. The van der Waals surface area contributed by atoms with Crippen molar-refractivity contribution >= 4 is 5.69 Å². The summed E-state index contributed by atoms with van der Waals surface area (Å²) in [5.41, 5.74) is 1.88. The molecule has 0 aliphatic heterocycles. The summed E-state index contributed by atoms with van der Waals surface area (Å²) in [4.78, 5) is 0. The Hall–Kier alpha value is -1.12. The van der Waals surface area contributed by atoms with E-state index in [1.165, 1.54) is 6.92 Å². The molecule has 1 atom stereocenters. The molecule has 0 spiro atoms. The molecule has 14 heavy (non-hydrogen) atoms. The fourth-order valence-corrected chi connectivity index (χ4v) is 1.28. The van der Waals surface area contributed by atoms with E-state index >= 15 is 0 Å². The molecule has 78 valence electrons. The summed E-state index contributed by atoms with van der Waals surface area (Å²) in [6.07, 6.45) is -1.49. The van der Waals surface area contributed by atoms with Gasteiger partial charge in [-0.25, -0.2) is 8.78 Å². The average Bonchev–Trinajstić information content (AvgIpc) is 2.18. The van der Waals surface area contributed by atoms with Crippen LogP contribution in [0.5, 0.6) is 0 Å². The lowest BCUT2D eigenvalue weighted by molar-refractivity contribution is 0.130. The number of benzene rings is 1. The van der Waals surface area contributed by atoms with Crippen LogP contribution in [-0.2, 0) is 6.42 Å². The first-order valence-electron chi connectivity index (χ1n) is 4.77. The maximum Gasteiger partial charge on any atom is 0.258 e. The van der Waals surface area contributed by atoms with Crippen molar-refractivity contribution in [2.75, 3.05) is 5.32 Å². The van der Waals surface area contributed by atoms with Crippen molar-refractivity contribution in [1.82, 2.24) is 0 Å². The first-order valence-corrected chi connectivity index (χ1v) is 4.77. The number of hydrogen-bond donors (Lipinski definition) is 1. The molecular weight excluding hydrogens is 184 g/mol. The van der Waals surface area contributed by atoms with Gasteiger partial charge in [-0.3, -0.25) is 0 Å². The maximum absolute atomic E-state index is 12.3. The molecule has 1 nitrogen and oxygen atoms in total. The van der Waals surface area contributed by atoms with Gasteiger partial charge in [0.25, 0.3) is 6.43 Å². The third-order valence-corrected chi connectivity index (χ3v) is 2.16. The molecule has 0 bridgehead atoms. The highest BCUT2D eigenvalue weighted by Crippen LogP contribution is 2.18. The Labute approximate surface area is 83.1 Å². The fourth-order valence-electron chi connectivity index (χ4n) is 1.28. The lowest BCUT2D eigenvalue weighted by Gasteiger charge is -2.16. The molecule has 1 aromatic carbocycles. The fraction of sp³-hybridized carbons (Fsp3) is 0.455. The van der Waals surface area contributed by atoms with Gasteiger partial charge in [-0.05, 0) is 25.0 Å². The molecule has 1 aromatic rings. The van der Waals surface area contributed by atoms with Crippen molar-refractivity contribution in [2.24, 2.45) is 0 Å². The van der Waals surface area contributed by atoms with E-state index in [-0.39, 0.29) is 0 Å². The Balaban J connectivity index is 2.75. The Morgan fingerprint density at radius 3 is 2.50 bits per heavy atom. The van der Waals surface area contributed by atoms with E-state index in [0.717, 1.165) is 17.7 Å². The van der Waals surface area contributed by atoms with Crippen LogP contribution in [-0.4, -0.2) is 12.5 Å². The number of nitrogens with one attached hydrogen (secondary N) is 1. The van der Waals surface area contributed by atoms with Crippen molar-refractivity contribution in [3.05, 3.63) is 29.8 Å². The minimum atomic E-state index is -2.33. The van der Waals surface area contributed by atoms with E-state index in [0.29, 0.717) is 0 Å². The zero-order valence-electron chi connectivity index (χ0n) is 8.43. The molecule has 0 heterocycles. The second-order valence-corrected chi connectivity index (χ2v) is 3.28. The topological polar surface area (TPSA) is 12.0 Å². The number of alkyl halides is 2. The van der Waals surface area contributed by atoms with Gasteiger partial charge in [-0.15, -0.1) is 0 Å². The Morgan fingerprint density at radius 2 is 1.93 bits per heavy atom. The summed E-state index contributed by atoms with van der Waals surface area (Å²) in [5.74, 6) is 0. The number of para-hydroxylation sites is 1. The van der Waals surface area contributed by atoms with Crippen molar-refractivity contribution in [3.63, 3.8) is 0 Å². The smallest absolute Gasteiger partial charge is 0.258 e. The predicted octanol–water partition coefficient (Wildman–Crippen LogP) is 3.31. The van der Waals surface area contributed by atoms with Crippen molar-refractivity contribution in [2.45, 2.75) is 32.7 Å². The van der Waals surface area contributed by atoms with Crippen LogP contribution < -0.4 is 5.32 Å². The number of aryl methyl sites for hydroxylation is 1. The molecule has 0 amide bonds. The Morgan fingerprint density at radius 1 is 1.29 bits per heavy atom. The number of rotatable bonds is 4. The molecule has 3 heteroatoms. The van der Waals surface area contributed by atoms with Gasteiger partial charge in [-0.1, -0.05) is 25.1 Å². The van der Waals surface area contributed by atoms with Crippen LogP contribution in [0.2, 0.25) is 0 Å². The molecule has 0 saturated heterocycles. The van der Waals surface area contributed by atoms with Crippen LogP contribution in [0.1, 0.15) is 19.4 Å². The molecule has 0 aromatic heterocycles. The summed E-state index contributed by atoms with van der Waals surface area (Å²) in [5, 5.41) is 2.81. The SMILES string of the molecule is CCc1ccccc1NC(C)C(F)F. The van der Waals surface area contributed by atoms with Crippen LogP contribution in [0, 0.1) is 0 Å². The zero-order valence-corrected chi connectivity index (χ0v) is 8.43. The average molecular weight is 199 g/mol. The summed E-state index contributed by atoms with van der Waals surface area (Å²) >= 11 is 0. The van der Waals surface area contributed by atoms with Crippen LogP contribution in [0.15, 0.2) is 24.3 Å². The second kappa shape index (κ2) is 4.94. The molecule has 0 radical (unpaired) electrons. The maximum atomic E-state index is 12.3. The standard InChI is InChI=1S/C11H15F2N/c1-3-9-6-4-5-7-10(9)14-8(2)11(12)13/h4-8,11,14H,3H2,1-2H3. The zero-order chi connectivity index (χ0) is 10.6. The van der Waals surface area contributed by atoms with E-state index in [9.17, 15) is 8.78 Å². The highest BCUT2D eigenvalue weighted by molar-refractivity contribution is 5.51. The van der Waals surface area contributed by atoms with Gasteiger partial charge >= 0.3 is 0 Å². The van der Waals surface area contributed by atoms with E-state index in [2.05, 4.69) is 5.32 Å². The summed E-state index contributed by atoms with van der Waals surface area (Å²) in [7, 11) is 0. The monoisotopic (exact) mass is 199 g/mol. The van der Waals surface area contributed by atoms with Gasteiger partial charge < -0.3 is 5.32 Å². The van der Waals surface area contributed by atoms with Crippen molar-refractivity contribution in [3.8, 4) is 0 Å². The first-order chi connectivity index (χ1) is 6.65. The van der Waals surface area contributed by atoms with Crippen LogP contribution in [0.25, 0.3) is 0 Å². The van der Waals surface area contributed by atoms with Gasteiger partial charge in [0.1, 0.15) is 0 Å². The van der Waals surface area contributed by atoms with Crippen LogP contribution in [0.4, 0.5) is 14.5 Å². The largest absolute Gasteiger partial charge is 0.377 e. The van der Waals surface area contributed by atoms with Crippen LogP contribution >= 0.6 is 0 Å². The van der Waals surface area contributed by atoms with Gasteiger partial charge in [0, 0.05) is 5.69 Å². The molecule has 1 rings (SSSR count). The molecule has 0 aliphatic rings. The number of hydrogen-bond acceptors (Lipinski definition) is 1. The minimum absolute atomic E-state index is 0.803. The molecular formula is C11H15F2N. The summed E-state index contributed by atoms with van der Waals surface area (Å²) in [6.45, 7) is 3.49. The quantitative estimate of drug-likeness (QED) is 0.784. The summed E-state index contributed by atoms with van der Waals surface area (Å²) in [6, 6.07) is 6.73. The van der Waals surface area contributed by atoms with E-state index < -0.39 is 12.5 Å². The third-order valence-electron chi connectivity index (χ3n) is 2.16. The second-order valence-electron chi connectivity index (χ2n) is 3.28. The highest BCUT2D eigenvalue weighted by Gasteiger charge is 2.14. The van der Waals surface area contributed by atoms with Gasteiger partial charge in [0.15, 0.2) is 0 Å². The van der Waals surface area contributed by atoms with Crippen molar-refractivity contribution < 1.29 is 8.78 Å². The van der Waals surface area contributed by atoms with Gasteiger partial charge in [0.05, 0.1) is 6.04 Å².